The Labute approximate surface area is 248 Å². The zero-order valence-corrected chi connectivity index (χ0v) is 25.0. The first-order chi connectivity index (χ1) is 19.3. The van der Waals surface area contributed by atoms with Crippen LogP contribution in [0.15, 0.2) is 46.0 Å². The Morgan fingerprint density at radius 1 is 0.902 bits per heavy atom. The lowest BCUT2D eigenvalue weighted by atomic mass is 9.86. The van der Waals surface area contributed by atoms with Crippen LogP contribution in [0.2, 0.25) is 5.02 Å². The molecule has 0 saturated carbocycles. The van der Waals surface area contributed by atoms with Crippen LogP contribution in [0.25, 0.3) is 0 Å². The maximum absolute atomic E-state index is 14.2. The van der Waals surface area contributed by atoms with E-state index in [0.29, 0.717) is 0 Å². The number of hydrogen-bond acceptors (Lipinski definition) is 8. The lowest BCUT2D eigenvalue weighted by Gasteiger charge is -2.24. The van der Waals surface area contributed by atoms with Gasteiger partial charge in [0.2, 0.25) is 11.8 Å². The van der Waals surface area contributed by atoms with Crippen LogP contribution >= 0.6 is 36.0 Å². The molecule has 2 aromatic carbocycles. The molecule has 4 aromatic rings. The Kier molecular flexibility index (Phi) is 8.43. The molecule has 2 aromatic heterocycles. The van der Waals surface area contributed by atoms with E-state index >= 15 is 0 Å². The topological polar surface area (TPSA) is 113 Å². The summed E-state index contributed by atoms with van der Waals surface area (Å²) in [5.74, 6) is -2.72. The van der Waals surface area contributed by atoms with E-state index in [1.807, 2.05) is 0 Å². The zero-order chi connectivity index (χ0) is 30.3. The van der Waals surface area contributed by atoms with Gasteiger partial charge in [0.1, 0.15) is 12.4 Å². The maximum atomic E-state index is 14.2. The highest BCUT2D eigenvalue weighted by atomic mass is 35.5. The number of ether oxygens (including phenoxy) is 2. The van der Waals surface area contributed by atoms with E-state index in [4.69, 9.17) is 45.5 Å². The molecule has 0 saturated heterocycles. The van der Waals surface area contributed by atoms with Gasteiger partial charge in [-0.15, -0.1) is 0 Å². The molecule has 0 aliphatic rings. The standard InChI is InChI=1S/C27H26ClFN4O6S2/c1-30-22(34)19(23(35)31(2)26(30)40)18(20-24(36)32(3)27(41)33(4)25(20)37)14-10-15(28)21(17(11-14)38-5)39-12-13-8-6-7-9-16(13)29/h6-11,18,34,36H,12H2,1-5H3. The maximum Gasteiger partial charge on any atom is 0.262 e. The largest absolute Gasteiger partial charge is 0.494 e. The summed E-state index contributed by atoms with van der Waals surface area (Å²) >= 11 is 17.2. The number of methoxy groups -OCH3 is 1. The fourth-order valence-electron chi connectivity index (χ4n) is 4.51. The Balaban J connectivity index is 2.04. The van der Waals surface area contributed by atoms with Crippen LogP contribution in [0.3, 0.4) is 0 Å². The Morgan fingerprint density at radius 2 is 1.41 bits per heavy atom. The van der Waals surface area contributed by atoms with Crippen molar-refractivity contribution in [3.8, 4) is 23.3 Å². The van der Waals surface area contributed by atoms with Crippen molar-refractivity contribution < 1.29 is 24.1 Å². The van der Waals surface area contributed by atoms with Crippen molar-refractivity contribution in [3.05, 3.63) is 99.7 Å². The van der Waals surface area contributed by atoms with Gasteiger partial charge in [-0.2, -0.15) is 0 Å². The first kappa shape index (κ1) is 30.0. The van der Waals surface area contributed by atoms with E-state index in [2.05, 4.69) is 0 Å². The molecule has 14 heteroatoms. The van der Waals surface area contributed by atoms with Crippen molar-refractivity contribution in [2.24, 2.45) is 28.2 Å². The third-order valence-electron chi connectivity index (χ3n) is 6.83. The van der Waals surface area contributed by atoms with E-state index in [1.54, 1.807) is 18.2 Å². The molecule has 216 valence electrons. The van der Waals surface area contributed by atoms with Crippen LogP contribution in [0.1, 0.15) is 28.2 Å². The summed E-state index contributed by atoms with van der Waals surface area (Å²) in [4.78, 5) is 27.2. The van der Waals surface area contributed by atoms with Gasteiger partial charge in [-0.05, 0) is 48.2 Å². The smallest absolute Gasteiger partial charge is 0.262 e. The van der Waals surface area contributed by atoms with Crippen molar-refractivity contribution in [2.75, 3.05) is 7.11 Å². The Bertz CT molecular complexity index is 1850. The molecule has 0 bridgehead atoms. The first-order valence-electron chi connectivity index (χ1n) is 12.0. The molecule has 0 aliphatic carbocycles. The van der Waals surface area contributed by atoms with Crippen LogP contribution in [0, 0.1) is 15.4 Å². The van der Waals surface area contributed by atoms with Crippen LogP contribution in [-0.2, 0) is 34.8 Å². The fourth-order valence-corrected chi connectivity index (χ4v) is 5.13. The Morgan fingerprint density at radius 3 is 1.90 bits per heavy atom. The number of aromatic hydroxyl groups is 2. The summed E-state index contributed by atoms with van der Waals surface area (Å²) in [7, 11) is 7.10. The number of benzene rings is 2. The van der Waals surface area contributed by atoms with E-state index in [9.17, 15) is 24.2 Å². The SMILES string of the molecule is COc1cc(C(c2c(O)n(C)c(=S)n(C)c2=O)c2c(O)n(C)c(=S)n(C)c2=O)cc(Cl)c1OCc1ccccc1F. The molecule has 0 amide bonds. The van der Waals surface area contributed by atoms with E-state index in [0.717, 1.165) is 9.13 Å². The van der Waals surface area contributed by atoms with Crippen molar-refractivity contribution in [2.45, 2.75) is 12.5 Å². The second-order valence-corrected chi connectivity index (χ2v) is 10.4. The molecule has 0 radical (unpaired) electrons. The predicted molar refractivity (Wildman–Crippen MR) is 156 cm³/mol. The normalized spacial score (nSPS) is 11.2. The van der Waals surface area contributed by atoms with Crippen LogP contribution in [0.4, 0.5) is 4.39 Å². The van der Waals surface area contributed by atoms with Gasteiger partial charge in [0, 0.05) is 33.8 Å². The quantitative estimate of drug-likeness (QED) is 0.296. The number of hydrogen-bond donors (Lipinski definition) is 2. The highest BCUT2D eigenvalue weighted by Crippen LogP contribution is 2.43. The van der Waals surface area contributed by atoms with E-state index in [1.165, 1.54) is 62.6 Å². The number of nitrogens with zero attached hydrogens (tertiary/aromatic N) is 4. The summed E-state index contributed by atoms with van der Waals surface area (Å²) in [6, 6.07) is 8.94. The highest BCUT2D eigenvalue weighted by molar-refractivity contribution is 7.71. The van der Waals surface area contributed by atoms with Gasteiger partial charge in [-0.3, -0.25) is 27.9 Å². The molecule has 0 atom stereocenters. The van der Waals surface area contributed by atoms with E-state index in [-0.39, 0.29) is 54.9 Å². The van der Waals surface area contributed by atoms with Crippen LogP contribution in [0.5, 0.6) is 23.3 Å². The minimum atomic E-state index is -1.37. The van der Waals surface area contributed by atoms with Gasteiger partial charge >= 0.3 is 0 Å². The minimum Gasteiger partial charge on any atom is -0.494 e. The van der Waals surface area contributed by atoms with Crippen LogP contribution in [-0.4, -0.2) is 35.6 Å². The second kappa shape index (κ2) is 11.5. The van der Waals surface area contributed by atoms with Gasteiger partial charge in [-0.1, -0.05) is 29.8 Å². The lowest BCUT2D eigenvalue weighted by molar-refractivity contribution is 0.279. The van der Waals surface area contributed by atoms with Gasteiger partial charge in [0.25, 0.3) is 11.1 Å². The van der Waals surface area contributed by atoms with E-state index < -0.39 is 34.6 Å². The molecule has 0 aliphatic heterocycles. The summed E-state index contributed by atoms with van der Waals surface area (Å²) in [5.41, 5.74) is -1.46. The third-order valence-corrected chi connectivity index (χ3v) is 8.20. The molecular weight excluding hydrogens is 595 g/mol. The molecule has 0 unspecified atom stereocenters. The van der Waals surface area contributed by atoms with Gasteiger partial charge in [-0.25, -0.2) is 4.39 Å². The molecular formula is C27H26ClFN4O6S2. The molecule has 4 rings (SSSR count). The van der Waals surface area contributed by atoms with Gasteiger partial charge in [0.05, 0.1) is 29.2 Å². The average Bonchev–Trinajstić information content (AvgIpc) is 2.96. The molecule has 2 heterocycles. The Hall–Kier alpha value is -3.94. The molecule has 0 spiro atoms. The lowest BCUT2D eigenvalue weighted by Crippen LogP contribution is -2.33. The molecule has 41 heavy (non-hydrogen) atoms. The summed E-state index contributed by atoms with van der Waals surface area (Å²) < 4.78 is 30.2. The summed E-state index contributed by atoms with van der Waals surface area (Å²) in [5, 5.41) is 22.4. The van der Waals surface area contributed by atoms with Gasteiger partial charge < -0.3 is 19.7 Å². The zero-order valence-electron chi connectivity index (χ0n) is 22.6. The predicted octanol–water partition coefficient (Wildman–Crippen LogP) is 4.19. The molecule has 0 fully saturated rings. The van der Waals surface area contributed by atoms with Gasteiger partial charge in [0.15, 0.2) is 21.0 Å². The minimum absolute atomic E-state index is 0.00171. The highest BCUT2D eigenvalue weighted by Gasteiger charge is 2.33. The third kappa shape index (κ3) is 5.16. The summed E-state index contributed by atoms with van der Waals surface area (Å²) in [6.45, 7) is -0.166. The number of rotatable bonds is 7. The molecule has 2 N–H and O–H groups in total. The summed E-state index contributed by atoms with van der Waals surface area (Å²) in [6.07, 6.45) is 0. The van der Waals surface area contributed by atoms with Crippen molar-refractivity contribution in [3.63, 3.8) is 0 Å². The monoisotopic (exact) mass is 620 g/mol. The average molecular weight is 621 g/mol. The van der Waals surface area contributed by atoms with Crippen molar-refractivity contribution >= 4 is 36.0 Å². The first-order valence-corrected chi connectivity index (χ1v) is 13.2. The van der Waals surface area contributed by atoms with Crippen molar-refractivity contribution in [1.29, 1.82) is 0 Å². The number of aromatic nitrogens is 4. The molecule has 10 nitrogen and oxygen atoms in total. The fraction of sp³-hybridized carbons (Fsp3) is 0.259. The van der Waals surface area contributed by atoms with Crippen LogP contribution < -0.4 is 20.6 Å². The van der Waals surface area contributed by atoms with Crippen molar-refractivity contribution in [1.82, 2.24) is 18.3 Å². The number of halogens is 2. The second-order valence-electron chi connectivity index (χ2n) is 9.23.